The lowest BCUT2D eigenvalue weighted by molar-refractivity contribution is 0.0966. The van der Waals surface area contributed by atoms with Gasteiger partial charge in [-0.1, -0.05) is 6.07 Å². The van der Waals surface area contributed by atoms with Crippen molar-refractivity contribution >= 4 is 5.78 Å². The third-order valence-corrected chi connectivity index (χ3v) is 4.29. The second-order valence-electron chi connectivity index (χ2n) is 6.05. The van der Waals surface area contributed by atoms with E-state index in [9.17, 15) is 15.0 Å². The molecule has 0 radical (unpaired) electrons. The van der Waals surface area contributed by atoms with E-state index in [0.717, 1.165) is 16.7 Å². The van der Waals surface area contributed by atoms with Crippen molar-refractivity contribution in [2.45, 2.75) is 12.8 Å². The van der Waals surface area contributed by atoms with Gasteiger partial charge in [-0.2, -0.15) is 0 Å². The predicted molar refractivity (Wildman–Crippen MR) is 98.9 cm³/mol. The third-order valence-electron chi connectivity index (χ3n) is 4.29. The predicted octanol–water partition coefficient (Wildman–Crippen LogP) is 3.72. The van der Waals surface area contributed by atoms with Crippen LogP contribution < -0.4 is 9.47 Å². The molecule has 1 heterocycles. The Labute approximate surface area is 156 Å². The summed E-state index contributed by atoms with van der Waals surface area (Å²) in [7, 11) is 2.93. The Balaban J connectivity index is 1.95. The van der Waals surface area contributed by atoms with Crippen LogP contribution in [0.2, 0.25) is 0 Å². The second-order valence-corrected chi connectivity index (χ2v) is 6.05. The molecule has 140 valence electrons. The molecule has 3 rings (SSSR count). The highest BCUT2D eigenvalue weighted by Crippen LogP contribution is 2.33. The number of hydrogen-bond acceptors (Lipinski definition) is 6. The minimum Gasteiger partial charge on any atom is -0.504 e. The standard InChI is InChI=1S/C21H20O6/c1-25-20-9-13(5-6-16(20)22)8-14-10-18(24)21(26-2)12-15(14)11-17(23)19-4-3-7-27-19/h3-7,9-10,12,22,24H,8,11H2,1-2H3. The summed E-state index contributed by atoms with van der Waals surface area (Å²) in [6.45, 7) is 0. The van der Waals surface area contributed by atoms with E-state index in [-0.39, 0.29) is 29.5 Å². The number of ether oxygens (including phenoxy) is 2. The summed E-state index contributed by atoms with van der Waals surface area (Å²) in [5.74, 6) is 0.804. The Morgan fingerprint density at radius 2 is 1.70 bits per heavy atom. The van der Waals surface area contributed by atoms with Crippen LogP contribution in [0.15, 0.2) is 53.1 Å². The number of furan rings is 1. The molecular formula is C21H20O6. The summed E-state index contributed by atoms with van der Waals surface area (Å²) in [6.07, 6.45) is 2.00. The van der Waals surface area contributed by atoms with Crippen molar-refractivity contribution in [1.29, 1.82) is 0 Å². The number of phenols is 2. The number of benzene rings is 2. The molecule has 0 amide bonds. The van der Waals surface area contributed by atoms with Crippen molar-refractivity contribution < 1.29 is 28.9 Å². The van der Waals surface area contributed by atoms with Gasteiger partial charge in [-0.05, 0) is 59.5 Å². The van der Waals surface area contributed by atoms with E-state index >= 15 is 0 Å². The van der Waals surface area contributed by atoms with Gasteiger partial charge in [-0.3, -0.25) is 4.79 Å². The Morgan fingerprint density at radius 1 is 0.963 bits per heavy atom. The normalized spacial score (nSPS) is 10.6. The Morgan fingerprint density at radius 3 is 2.37 bits per heavy atom. The molecule has 0 saturated carbocycles. The van der Waals surface area contributed by atoms with Crippen molar-refractivity contribution in [1.82, 2.24) is 0 Å². The van der Waals surface area contributed by atoms with E-state index in [4.69, 9.17) is 13.9 Å². The number of phenolic OH excluding ortho intramolecular Hbond substituents is 2. The van der Waals surface area contributed by atoms with Gasteiger partial charge in [0.05, 0.1) is 20.5 Å². The largest absolute Gasteiger partial charge is 0.504 e. The van der Waals surface area contributed by atoms with Crippen molar-refractivity contribution in [3.63, 3.8) is 0 Å². The average Bonchev–Trinajstić information content (AvgIpc) is 3.20. The van der Waals surface area contributed by atoms with E-state index in [1.165, 1.54) is 20.5 Å². The zero-order valence-electron chi connectivity index (χ0n) is 15.1. The van der Waals surface area contributed by atoms with E-state index in [1.54, 1.807) is 42.5 Å². The fourth-order valence-electron chi connectivity index (χ4n) is 2.90. The lowest BCUT2D eigenvalue weighted by Crippen LogP contribution is -2.06. The SMILES string of the molecule is COc1cc(Cc2cc(O)c(OC)cc2CC(=O)c2ccco2)ccc1O. The lowest BCUT2D eigenvalue weighted by atomic mass is 9.95. The molecule has 0 atom stereocenters. The van der Waals surface area contributed by atoms with Gasteiger partial charge in [0.15, 0.2) is 28.8 Å². The zero-order valence-corrected chi connectivity index (χ0v) is 15.1. The highest BCUT2D eigenvalue weighted by molar-refractivity contribution is 5.95. The Hall–Kier alpha value is -3.41. The molecule has 6 heteroatoms. The van der Waals surface area contributed by atoms with Crippen LogP contribution in [0.25, 0.3) is 0 Å². The molecule has 0 bridgehead atoms. The van der Waals surface area contributed by atoms with Gasteiger partial charge in [0.1, 0.15) is 0 Å². The van der Waals surface area contributed by atoms with Crippen LogP contribution in [0.5, 0.6) is 23.0 Å². The quantitative estimate of drug-likeness (QED) is 0.618. The summed E-state index contributed by atoms with van der Waals surface area (Å²) in [5.41, 5.74) is 2.35. The van der Waals surface area contributed by atoms with Gasteiger partial charge < -0.3 is 24.1 Å². The van der Waals surface area contributed by atoms with Crippen molar-refractivity contribution in [2.75, 3.05) is 14.2 Å². The molecule has 3 aromatic rings. The maximum Gasteiger partial charge on any atom is 0.202 e. The topological polar surface area (TPSA) is 89.1 Å². The van der Waals surface area contributed by atoms with Crippen LogP contribution in [0.3, 0.4) is 0 Å². The van der Waals surface area contributed by atoms with Crippen LogP contribution >= 0.6 is 0 Å². The highest BCUT2D eigenvalue weighted by atomic mass is 16.5. The van der Waals surface area contributed by atoms with Crippen LogP contribution in [0.1, 0.15) is 27.2 Å². The fourth-order valence-corrected chi connectivity index (χ4v) is 2.90. The molecule has 0 fully saturated rings. The number of aromatic hydroxyl groups is 2. The van der Waals surface area contributed by atoms with Crippen molar-refractivity contribution in [3.8, 4) is 23.0 Å². The molecule has 0 aliphatic carbocycles. The maximum atomic E-state index is 12.5. The monoisotopic (exact) mass is 368 g/mol. The first-order valence-electron chi connectivity index (χ1n) is 8.33. The molecule has 0 unspecified atom stereocenters. The van der Waals surface area contributed by atoms with E-state index in [2.05, 4.69) is 0 Å². The smallest absolute Gasteiger partial charge is 0.202 e. The summed E-state index contributed by atoms with van der Waals surface area (Å²) in [4.78, 5) is 12.5. The van der Waals surface area contributed by atoms with E-state index < -0.39 is 0 Å². The van der Waals surface area contributed by atoms with Gasteiger partial charge in [0, 0.05) is 6.42 Å². The summed E-state index contributed by atoms with van der Waals surface area (Å²) < 4.78 is 15.5. The Kier molecular flexibility index (Phi) is 5.35. The van der Waals surface area contributed by atoms with Gasteiger partial charge in [0.2, 0.25) is 5.78 Å². The molecule has 6 nitrogen and oxygen atoms in total. The number of carbonyl (C=O) groups is 1. The maximum absolute atomic E-state index is 12.5. The number of Topliss-reactive ketones (excluding diaryl/α,β-unsaturated/α-hetero) is 1. The molecular weight excluding hydrogens is 348 g/mol. The van der Waals surface area contributed by atoms with Crippen LogP contribution in [0, 0.1) is 0 Å². The van der Waals surface area contributed by atoms with Gasteiger partial charge in [-0.25, -0.2) is 0 Å². The minimum absolute atomic E-state index is 0.00700. The minimum atomic E-state index is -0.169. The number of hydrogen-bond donors (Lipinski definition) is 2. The second kappa shape index (κ2) is 7.86. The van der Waals surface area contributed by atoms with Gasteiger partial charge in [0.25, 0.3) is 0 Å². The van der Waals surface area contributed by atoms with E-state index in [0.29, 0.717) is 17.9 Å². The van der Waals surface area contributed by atoms with Gasteiger partial charge >= 0.3 is 0 Å². The third kappa shape index (κ3) is 4.06. The molecule has 0 aliphatic heterocycles. The first-order chi connectivity index (χ1) is 13.0. The molecule has 0 spiro atoms. The number of ketones is 1. The van der Waals surface area contributed by atoms with Crippen LogP contribution in [-0.2, 0) is 12.8 Å². The highest BCUT2D eigenvalue weighted by Gasteiger charge is 2.17. The number of carbonyl (C=O) groups excluding carboxylic acids is 1. The summed E-state index contributed by atoms with van der Waals surface area (Å²) in [5, 5.41) is 19.9. The van der Waals surface area contributed by atoms with Crippen molar-refractivity contribution in [2.24, 2.45) is 0 Å². The molecule has 2 aromatic carbocycles. The van der Waals surface area contributed by atoms with Crippen LogP contribution in [-0.4, -0.2) is 30.2 Å². The van der Waals surface area contributed by atoms with E-state index in [1.807, 2.05) is 0 Å². The lowest BCUT2D eigenvalue weighted by Gasteiger charge is -2.13. The summed E-state index contributed by atoms with van der Waals surface area (Å²) in [6, 6.07) is 11.5. The van der Waals surface area contributed by atoms with Crippen molar-refractivity contribution in [3.05, 3.63) is 71.2 Å². The van der Waals surface area contributed by atoms with Crippen LogP contribution in [0.4, 0.5) is 0 Å². The molecule has 1 aromatic heterocycles. The first kappa shape index (κ1) is 18.4. The average molecular weight is 368 g/mol. The molecule has 27 heavy (non-hydrogen) atoms. The zero-order chi connectivity index (χ0) is 19.4. The van der Waals surface area contributed by atoms with Gasteiger partial charge in [-0.15, -0.1) is 0 Å². The Bertz CT molecular complexity index is 944. The summed E-state index contributed by atoms with van der Waals surface area (Å²) >= 11 is 0. The molecule has 0 aliphatic rings. The molecule has 2 N–H and O–H groups in total. The fraction of sp³-hybridized carbons (Fsp3) is 0.190. The number of methoxy groups -OCH3 is 2. The number of rotatable bonds is 7. The first-order valence-corrected chi connectivity index (χ1v) is 8.33. The molecule has 0 saturated heterocycles.